The summed E-state index contributed by atoms with van der Waals surface area (Å²) in [5.41, 5.74) is 0.691. The lowest BCUT2D eigenvalue weighted by Gasteiger charge is -2.63. The number of hydrogen-bond acceptors (Lipinski definition) is 6. The van der Waals surface area contributed by atoms with Crippen LogP contribution in [0.25, 0.3) is 0 Å². The first kappa shape index (κ1) is 30.3. The van der Waals surface area contributed by atoms with Crippen LogP contribution in [-0.4, -0.2) is 67.2 Å². The van der Waals surface area contributed by atoms with E-state index in [1.54, 1.807) is 0 Å². The fraction of sp³-hybridized carbons (Fsp3) is 0.944. The second-order valence-electron chi connectivity index (χ2n) is 17.6. The van der Waals surface area contributed by atoms with Crippen molar-refractivity contribution in [3.8, 4) is 0 Å². The highest BCUT2D eigenvalue weighted by atomic mass is 16.6. The highest BCUT2D eigenvalue weighted by molar-refractivity contribution is 5.68. The predicted molar refractivity (Wildman–Crippen MR) is 163 cm³/mol. The molecule has 7 heteroatoms. The van der Waals surface area contributed by atoms with Crippen molar-refractivity contribution in [2.24, 2.45) is 50.7 Å². The van der Waals surface area contributed by atoms with Crippen LogP contribution in [0.1, 0.15) is 113 Å². The van der Waals surface area contributed by atoms with E-state index < -0.39 is 5.60 Å². The first-order valence-electron chi connectivity index (χ1n) is 17.5. The highest BCUT2D eigenvalue weighted by Crippen LogP contribution is 2.89. The van der Waals surface area contributed by atoms with E-state index in [2.05, 4.69) is 34.6 Å². The van der Waals surface area contributed by atoms with Gasteiger partial charge in [0.1, 0.15) is 11.7 Å². The molecule has 7 nitrogen and oxygen atoms in total. The zero-order valence-corrected chi connectivity index (χ0v) is 28.1. The molecule has 5 saturated carbocycles. The number of hydrogen-bond donors (Lipinski definition) is 0. The van der Waals surface area contributed by atoms with Crippen LogP contribution in [0, 0.1) is 50.7 Å². The molecule has 2 heterocycles. The average molecular weight is 600 g/mol. The van der Waals surface area contributed by atoms with Gasteiger partial charge in [-0.3, -0.25) is 4.79 Å². The van der Waals surface area contributed by atoms with Crippen LogP contribution in [0.5, 0.6) is 0 Å². The minimum atomic E-state index is -0.615. The smallest absolute Gasteiger partial charge is 0.410 e. The summed E-state index contributed by atoms with van der Waals surface area (Å²) in [6, 6.07) is 0. The number of esters is 1. The number of nitrogens with zero attached hydrogens (tertiary/aromatic N) is 1. The highest BCUT2D eigenvalue weighted by Gasteiger charge is 2.83. The number of morpholine rings is 1. The molecule has 7 rings (SSSR count). The third kappa shape index (κ3) is 4.04. The maximum atomic E-state index is 13.1. The van der Waals surface area contributed by atoms with Crippen molar-refractivity contribution in [3.05, 3.63) is 0 Å². The van der Waals surface area contributed by atoms with Gasteiger partial charge in [-0.25, -0.2) is 4.79 Å². The van der Waals surface area contributed by atoms with Crippen LogP contribution in [0.3, 0.4) is 0 Å². The molecule has 11 atom stereocenters. The Labute approximate surface area is 259 Å². The standard InChI is InChI=1S/C36H57NO6/c1-22-19-28(32(5,6)43-23(2)38)41-24-20-34(8)26-10-9-25-31(3,4)27(42-30(39)37-15-17-40-18-16-37)11-12-35(25)21-36(26,35)14-13-33(34,7)29(22)24/h22,24-29H,9-21H2,1-8H3/t22-,24?,25?,26?,27?,28?,29?,33?,34?,35?,36?/m1/s1. The number of amides is 1. The van der Waals surface area contributed by atoms with E-state index in [0.29, 0.717) is 54.9 Å². The Morgan fingerprint density at radius 2 is 1.58 bits per heavy atom. The van der Waals surface area contributed by atoms with Gasteiger partial charge in [-0.2, -0.15) is 0 Å². The molecule has 1 amide bonds. The summed E-state index contributed by atoms with van der Waals surface area (Å²) >= 11 is 0. The number of fused-ring (bicyclic) bond motifs is 4. The van der Waals surface area contributed by atoms with E-state index in [1.807, 2.05) is 18.7 Å². The second-order valence-corrected chi connectivity index (χ2v) is 17.6. The minimum absolute atomic E-state index is 0.0155. The van der Waals surface area contributed by atoms with Gasteiger partial charge in [0.25, 0.3) is 0 Å². The van der Waals surface area contributed by atoms with E-state index in [4.69, 9.17) is 18.9 Å². The van der Waals surface area contributed by atoms with Crippen LogP contribution in [0.4, 0.5) is 4.79 Å². The molecule has 2 spiro atoms. The van der Waals surface area contributed by atoms with Crippen molar-refractivity contribution in [2.75, 3.05) is 26.3 Å². The Bertz CT molecular complexity index is 1160. The molecule has 0 aromatic rings. The molecule has 43 heavy (non-hydrogen) atoms. The molecule has 0 aromatic heterocycles. The van der Waals surface area contributed by atoms with Gasteiger partial charge < -0.3 is 23.8 Å². The maximum Gasteiger partial charge on any atom is 0.410 e. The summed E-state index contributed by atoms with van der Waals surface area (Å²) in [7, 11) is 0. The zero-order valence-electron chi connectivity index (χ0n) is 28.1. The third-order valence-electron chi connectivity index (χ3n) is 15.3. The van der Waals surface area contributed by atoms with E-state index in [1.165, 1.54) is 45.4 Å². The van der Waals surface area contributed by atoms with Crippen LogP contribution in [0.2, 0.25) is 0 Å². The van der Waals surface area contributed by atoms with E-state index in [-0.39, 0.29) is 46.6 Å². The van der Waals surface area contributed by atoms with Gasteiger partial charge >= 0.3 is 12.1 Å². The molecule has 2 saturated heterocycles. The van der Waals surface area contributed by atoms with Crippen molar-refractivity contribution in [1.29, 1.82) is 0 Å². The summed E-state index contributed by atoms with van der Waals surface area (Å²) in [5, 5.41) is 0. The quantitative estimate of drug-likeness (QED) is 0.325. The largest absolute Gasteiger partial charge is 0.457 e. The lowest BCUT2D eigenvalue weighted by atomic mass is 9.41. The van der Waals surface area contributed by atoms with Gasteiger partial charge in [-0.05, 0) is 117 Å². The summed E-state index contributed by atoms with van der Waals surface area (Å²) in [6.07, 6.45) is 10.8. The van der Waals surface area contributed by atoms with Gasteiger partial charge in [0.05, 0.1) is 25.4 Å². The van der Waals surface area contributed by atoms with Crippen LogP contribution >= 0.6 is 0 Å². The first-order valence-corrected chi connectivity index (χ1v) is 17.5. The Balaban J connectivity index is 1.12. The number of carbonyl (C=O) groups is 2. The molecular formula is C36H57NO6. The van der Waals surface area contributed by atoms with Crippen molar-refractivity contribution in [1.82, 2.24) is 4.90 Å². The molecule has 0 aromatic carbocycles. The molecule has 2 aliphatic heterocycles. The summed E-state index contributed by atoms with van der Waals surface area (Å²) < 4.78 is 24.6. The van der Waals surface area contributed by atoms with Crippen LogP contribution < -0.4 is 0 Å². The molecule has 0 bridgehead atoms. The van der Waals surface area contributed by atoms with Gasteiger partial charge in [-0.1, -0.05) is 34.6 Å². The molecule has 0 radical (unpaired) electrons. The second kappa shape index (κ2) is 9.59. The fourth-order valence-electron chi connectivity index (χ4n) is 13.3. The third-order valence-corrected chi connectivity index (χ3v) is 15.3. The minimum Gasteiger partial charge on any atom is -0.457 e. The van der Waals surface area contributed by atoms with E-state index >= 15 is 0 Å². The Morgan fingerprint density at radius 3 is 2.28 bits per heavy atom. The van der Waals surface area contributed by atoms with Gasteiger partial charge in [0, 0.05) is 25.4 Å². The molecular weight excluding hydrogens is 542 g/mol. The maximum absolute atomic E-state index is 13.1. The normalized spacial score (nSPS) is 49.9. The van der Waals surface area contributed by atoms with Gasteiger partial charge in [-0.15, -0.1) is 0 Å². The number of rotatable bonds is 3. The lowest BCUT2D eigenvalue weighted by Crippen LogP contribution is -2.58. The van der Waals surface area contributed by atoms with Crippen LogP contribution in [-0.2, 0) is 23.7 Å². The van der Waals surface area contributed by atoms with E-state index in [0.717, 1.165) is 25.2 Å². The topological polar surface area (TPSA) is 74.3 Å². The van der Waals surface area contributed by atoms with E-state index in [9.17, 15) is 9.59 Å². The molecule has 5 aliphatic carbocycles. The predicted octanol–water partition coefficient (Wildman–Crippen LogP) is 7.01. The van der Waals surface area contributed by atoms with Gasteiger partial charge in [0.2, 0.25) is 0 Å². The Hall–Kier alpha value is -1.34. The molecule has 7 fully saturated rings. The lowest BCUT2D eigenvalue weighted by molar-refractivity contribution is -0.202. The average Bonchev–Trinajstić information content (AvgIpc) is 3.53. The first-order chi connectivity index (χ1) is 20.1. The van der Waals surface area contributed by atoms with Gasteiger partial charge in [0.15, 0.2) is 0 Å². The van der Waals surface area contributed by atoms with Crippen molar-refractivity contribution in [3.63, 3.8) is 0 Å². The Kier molecular flexibility index (Phi) is 6.76. The summed E-state index contributed by atoms with van der Waals surface area (Å²) in [5.74, 6) is 2.19. The molecule has 0 N–H and O–H groups in total. The molecule has 242 valence electrons. The number of carbonyl (C=O) groups excluding carboxylic acids is 2. The molecule has 7 aliphatic rings. The Morgan fingerprint density at radius 1 is 0.907 bits per heavy atom. The monoisotopic (exact) mass is 599 g/mol. The zero-order chi connectivity index (χ0) is 30.8. The summed E-state index contributed by atoms with van der Waals surface area (Å²) in [4.78, 5) is 26.9. The fourth-order valence-corrected chi connectivity index (χ4v) is 13.3. The number of ether oxygens (including phenoxy) is 4. The molecule has 10 unspecified atom stereocenters. The van der Waals surface area contributed by atoms with Crippen molar-refractivity contribution in [2.45, 2.75) is 137 Å². The van der Waals surface area contributed by atoms with Crippen LogP contribution in [0.15, 0.2) is 0 Å². The SMILES string of the molecule is CC(=O)OC(C)(C)C1C[C@@H](C)C2C(CC3(C)C4CCC5C(C)(C)C(OC(=O)N6CCOCC6)CCC56CC46CCC23C)O1. The van der Waals surface area contributed by atoms with Crippen molar-refractivity contribution >= 4 is 12.1 Å². The summed E-state index contributed by atoms with van der Waals surface area (Å²) in [6.45, 7) is 20.5. The van der Waals surface area contributed by atoms with Crippen molar-refractivity contribution < 1.29 is 28.5 Å².